The van der Waals surface area contributed by atoms with Crippen molar-refractivity contribution in [2.24, 2.45) is 5.92 Å². The zero-order chi connectivity index (χ0) is 17.3. The minimum atomic E-state index is 0.182. The van der Waals surface area contributed by atoms with Gasteiger partial charge in [-0.15, -0.1) is 11.3 Å². The van der Waals surface area contributed by atoms with E-state index in [0.717, 1.165) is 42.6 Å². The molecule has 2 aromatic rings. The van der Waals surface area contributed by atoms with E-state index in [1.54, 1.807) is 11.3 Å². The second-order valence-corrected chi connectivity index (χ2v) is 8.12. The number of ether oxygens (including phenoxy) is 1. The van der Waals surface area contributed by atoms with Crippen LogP contribution in [0.5, 0.6) is 0 Å². The van der Waals surface area contributed by atoms with E-state index < -0.39 is 0 Å². The quantitative estimate of drug-likeness (QED) is 0.898. The van der Waals surface area contributed by atoms with Crippen molar-refractivity contribution in [1.82, 2.24) is 14.9 Å². The lowest BCUT2D eigenvalue weighted by molar-refractivity contribution is -0.0259. The molecule has 0 spiro atoms. The van der Waals surface area contributed by atoms with Crippen LogP contribution in [-0.2, 0) is 11.2 Å². The van der Waals surface area contributed by atoms with Crippen molar-refractivity contribution in [3.8, 4) is 0 Å². The van der Waals surface area contributed by atoms with Crippen molar-refractivity contribution in [2.75, 3.05) is 32.1 Å². The average molecular weight is 349 g/mol. The minimum absolute atomic E-state index is 0.182. The van der Waals surface area contributed by atoms with Gasteiger partial charge in [0.25, 0.3) is 0 Å². The number of aryl methyl sites for hydroxylation is 1. The Kier molecular flexibility index (Phi) is 5.37. The summed E-state index contributed by atoms with van der Waals surface area (Å²) in [5.74, 6) is 2.39. The van der Waals surface area contributed by atoms with Gasteiger partial charge in [0.15, 0.2) is 0 Å². The summed E-state index contributed by atoms with van der Waals surface area (Å²) in [6.07, 6.45) is 1.24. The third-order valence-corrected chi connectivity index (χ3v) is 5.39. The van der Waals surface area contributed by atoms with Crippen LogP contribution in [-0.4, -0.2) is 53.8 Å². The first-order chi connectivity index (χ1) is 11.4. The molecule has 0 aromatic carbocycles. The summed E-state index contributed by atoms with van der Waals surface area (Å²) in [5, 5.41) is 7.05. The van der Waals surface area contributed by atoms with Gasteiger partial charge in [0.1, 0.15) is 16.5 Å². The summed E-state index contributed by atoms with van der Waals surface area (Å²) < 4.78 is 5.96. The van der Waals surface area contributed by atoms with Crippen LogP contribution < -0.4 is 5.32 Å². The summed E-state index contributed by atoms with van der Waals surface area (Å²) in [6.45, 7) is 11.4. The molecular formula is C18H28N4OS. The Bertz CT molecular complexity index is 700. The van der Waals surface area contributed by atoms with E-state index in [1.807, 2.05) is 6.92 Å². The maximum absolute atomic E-state index is 5.96. The van der Waals surface area contributed by atoms with Crippen molar-refractivity contribution in [3.63, 3.8) is 0 Å². The van der Waals surface area contributed by atoms with Gasteiger partial charge in [-0.3, -0.25) is 0 Å². The predicted molar refractivity (Wildman–Crippen MR) is 101 cm³/mol. The SMILES string of the molecule is Cc1nc(NC(C)C2CN(C)CCO2)c2c(CC(C)C)csc2n1. The van der Waals surface area contributed by atoms with Gasteiger partial charge in [0.2, 0.25) is 0 Å². The molecule has 24 heavy (non-hydrogen) atoms. The fourth-order valence-electron chi connectivity index (χ4n) is 3.22. The Morgan fingerprint density at radius 1 is 1.38 bits per heavy atom. The summed E-state index contributed by atoms with van der Waals surface area (Å²) >= 11 is 1.72. The molecule has 2 atom stereocenters. The third-order valence-electron chi connectivity index (χ3n) is 4.47. The van der Waals surface area contributed by atoms with Gasteiger partial charge in [0.05, 0.1) is 24.1 Å². The van der Waals surface area contributed by atoms with Crippen LogP contribution in [0.15, 0.2) is 5.38 Å². The molecule has 2 unspecified atom stereocenters. The number of nitrogens with one attached hydrogen (secondary N) is 1. The first-order valence-electron chi connectivity index (χ1n) is 8.75. The maximum atomic E-state index is 5.96. The van der Waals surface area contributed by atoms with E-state index in [2.05, 4.69) is 48.4 Å². The number of rotatable bonds is 5. The number of fused-ring (bicyclic) bond motifs is 1. The number of nitrogens with zero attached hydrogens (tertiary/aromatic N) is 3. The molecule has 1 aliphatic rings. The lowest BCUT2D eigenvalue weighted by Crippen LogP contribution is -2.47. The number of aromatic nitrogens is 2. The molecule has 2 aromatic heterocycles. The highest BCUT2D eigenvalue weighted by Gasteiger charge is 2.25. The largest absolute Gasteiger partial charge is 0.373 e. The van der Waals surface area contributed by atoms with E-state index in [1.165, 1.54) is 10.9 Å². The smallest absolute Gasteiger partial charge is 0.139 e. The number of hydrogen-bond acceptors (Lipinski definition) is 6. The molecular weight excluding hydrogens is 320 g/mol. The zero-order valence-electron chi connectivity index (χ0n) is 15.3. The van der Waals surface area contributed by atoms with Crippen LogP contribution in [0.4, 0.5) is 5.82 Å². The predicted octanol–water partition coefficient (Wildman–Crippen LogP) is 3.33. The van der Waals surface area contributed by atoms with Gasteiger partial charge in [-0.05, 0) is 44.2 Å². The molecule has 0 aliphatic carbocycles. The van der Waals surface area contributed by atoms with E-state index in [9.17, 15) is 0 Å². The molecule has 6 heteroatoms. The monoisotopic (exact) mass is 348 g/mol. The molecule has 0 amide bonds. The molecule has 0 radical (unpaired) electrons. The Morgan fingerprint density at radius 2 is 2.17 bits per heavy atom. The lowest BCUT2D eigenvalue weighted by atomic mass is 10.0. The molecule has 1 saturated heterocycles. The van der Waals surface area contributed by atoms with Gasteiger partial charge in [0, 0.05) is 13.1 Å². The summed E-state index contributed by atoms with van der Waals surface area (Å²) in [5.41, 5.74) is 1.35. The molecule has 3 heterocycles. The van der Waals surface area contributed by atoms with E-state index >= 15 is 0 Å². The normalized spacial score (nSPS) is 20.7. The number of hydrogen-bond donors (Lipinski definition) is 1. The van der Waals surface area contributed by atoms with Gasteiger partial charge in [-0.25, -0.2) is 9.97 Å². The first-order valence-corrected chi connectivity index (χ1v) is 9.63. The fourth-order valence-corrected chi connectivity index (χ4v) is 4.22. The maximum Gasteiger partial charge on any atom is 0.139 e. The van der Waals surface area contributed by atoms with Crippen molar-refractivity contribution < 1.29 is 4.74 Å². The highest BCUT2D eigenvalue weighted by molar-refractivity contribution is 7.17. The molecule has 1 N–H and O–H groups in total. The second-order valence-electron chi connectivity index (χ2n) is 7.26. The minimum Gasteiger partial charge on any atom is -0.373 e. The van der Waals surface area contributed by atoms with Crippen molar-refractivity contribution >= 4 is 27.4 Å². The van der Waals surface area contributed by atoms with Gasteiger partial charge >= 0.3 is 0 Å². The van der Waals surface area contributed by atoms with Gasteiger partial charge in [-0.2, -0.15) is 0 Å². The van der Waals surface area contributed by atoms with E-state index in [0.29, 0.717) is 5.92 Å². The van der Waals surface area contributed by atoms with Gasteiger partial charge < -0.3 is 15.0 Å². The first kappa shape index (κ1) is 17.6. The summed E-state index contributed by atoms with van der Waals surface area (Å²) in [7, 11) is 2.15. The Morgan fingerprint density at radius 3 is 2.88 bits per heavy atom. The summed E-state index contributed by atoms with van der Waals surface area (Å²) in [4.78, 5) is 12.7. The molecule has 1 fully saturated rings. The van der Waals surface area contributed by atoms with Crippen LogP contribution in [0.2, 0.25) is 0 Å². The van der Waals surface area contributed by atoms with E-state index in [-0.39, 0.29) is 12.1 Å². The molecule has 0 bridgehead atoms. The number of likely N-dealkylation sites (N-methyl/N-ethyl adjacent to an activating group) is 1. The highest BCUT2D eigenvalue weighted by atomic mass is 32.1. The topological polar surface area (TPSA) is 50.3 Å². The van der Waals surface area contributed by atoms with Crippen LogP contribution in [0, 0.1) is 12.8 Å². The highest BCUT2D eigenvalue weighted by Crippen LogP contribution is 2.32. The lowest BCUT2D eigenvalue weighted by Gasteiger charge is -2.34. The number of morpholine rings is 1. The second kappa shape index (κ2) is 7.33. The van der Waals surface area contributed by atoms with Crippen molar-refractivity contribution in [2.45, 2.75) is 46.3 Å². The Hall–Kier alpha value is -1.24. The average Bonchev–Trinajstić information content (AvgIpc) is 2.89. The standard InChI is InChI=1S/C18H28N4OS/c1-11(2)8-14-10-24-18-16(14)17(20-13(4)21-18)19-12(3)15-9-22(5)6-7-23-15/h10-12,15H,6-9H2,1-5H3,(H,19,20,21). The molecule has 0 saturated carbocycles. The Labute approximate surface area is 148 Å². The summed E-state index contributed by atoms with van der Waals surface area (Å²) in [6, 6.07) is 0.206. The molecule has 132 valence electrons. The molecule has 1 aliphatic heterocycles. The van der Waals surface area contributed by atoms with Crippen molar-refractivity contribution in [1.29, 1.82) is 0 Å². The van der Waals surface area contributed by atoms with Crippen molar-refractivity contribution in [3.05, 3.63) is 16.8 Å². The van der Waals surface area contributed by atoms with Gasteiger partial charge in [-0.1, -0.05) is 13.8 Å². The Balaban J connectivity index is 1.88. The number of anilines is 1. The zero-order valence-corrected chi connectivity index (χ0v) is 16.1. The fraction of sp³-hybridized carbons (Fsp3) is 0.667. The van der Waals surface area contributed by atoms with Crippen LogP contribution in [0.25, 0.3) is 10.2 Å². The van der Waals surface area contributed by atoms with Crippen LogP contribution in [0.1, 0.15) is 32.2 Å². The molecule has 3 rings (SSSR count). The number of thiophene rings is 1. The van der Waals surface area contributed by atoms with E-state index in [4.69, 9.17) is 9.72 Å². The van der Waals surface area contributed by atoms with Crippen LogP contribution in [0.3, 0.4) is 0 Å². The third kappa shape index (κ3) is 3.87. The van der Waals surface area contributed by atoms with Crippen LogP contribution >= 0.6 is 11.3 Å². The molecule has 5 nitrogen and oxygen atoms in total.